The zero-order valence-corrected chi connectivity index (χ0v) is 2.37. The second kappa shape index (κ2) is 0.497. The summed E-state index contributed by atoms with van der Waals surface area (Å²) >= 11 is 0. The van der Waals surface area contributed by atoms with Crippen molar-refractivity contribution in [2.45, 2.75) is 6.11 Å². The highest BCUT2D eigenvalue weighted by molar-refractivity contribution is 4.62. The van der Waals surface area contributed by atoms with Gasteiger partial charge in [0.05, 0.1) is 0 Å². The molecule has 0 unspecified atom stereocenters. The van der Waals surface area contributed by atoms with Crippen LogP contribution in [0.15, 0.2) is 0 Å². The molecule has 1 saturated heterocycles. The maximum absolute atomic E-state index is 10.9. The van der Waals surface area contributed by atoms with Crippen LogP contribution in [0.2, 0.25) is 0 Å². The van der Waals surface area contributed by atoms with Crippen molar-refractivity contribution in [2.75, 3.05) is 6.61 Å². The number of alkyl halides is 2. The fourth-order valence-electron chi connectivity index (χ4n) is 0.0546. The highest BCUT2D eigenvalue weighted by Crippen LogP contribution is 2.28. The lowest BCUT2D eigenvalue weighted by Crippen LogP contribution is -1.83. The lowest BCUT2D eigenvalue weighted by atomic mass is 10.9. The average Bonchev–Trinajstić information content (AvgIpc) is 1.76. The molecule has 30 valence electrons. The molecule has 3 heteroatoms. The SMILES string of the molecule is FC1(F)CO1. The average molecular weight is 80.0 g/mol. The Balaban J connectivity index is 2.38. The van der Waals surface area contributed by atoms with Gasteiger partial charge in [-0.2, -0.15) is 8.78 Å². The van der Waals surface area contributed by atoms with Crippen LogP contribution in [0.4, 0.5) is 8.78 Å². The van der Waals surface area contributed by atoms with Gasteiger partial charge in [0.2, 0.25) is 0 Å². The molecule has 1 nitrogen and oxygen atoms in total. The molecule has 0 aromatic heterocycles. The molecular formula is C2H2F2O. The van der Waals surface area contributed by atoms with Crippen LogP contribution in [0.25, 0.3) is 0 Å². The fourth-order valence-corrected chi connectivity index (χ4v) is 0.0546. The molecule has 0 spiro atoms. The first-order valence-corrected chi connectivity index (χ1v) is 1.22. The van der Waals surface area contributed by atoms with Gasteiger partial charge in [0.15, 0.2) is 0 Å². The van der Waals surface area contributed by atoms with Crippen LogP contribution in [0.3, 0.4) is 0 Å². The van der Waals surface area contributed by atoms with E-state index in [1.165, 1.54) is 0 Å². The van der Waals surface area contributed by atoms with Crippen molar-refractivity contribution < 1.29 is 13.5 Å². The summed E-state index contributed by atoms with van der Waals surface area (Å²) in [4.78, 5) is 0. The minimum Gasteiger partial charge on any atom is -0.309 e. The number of ether oxygens (including phenoxy) is 1. The summed E-state index contributed by atoms with van der Waals surface area (Å²) in [5.41, 5.74) is 0. The summed E-state index contributed by atoms with van der Waals surface area (Å²) in [5.74, 6) is 0. The molecule has 1 aliphatic heterocycles. The minimum atomic E-state index is -2.75. The first-order valence-electron chi connectivity index (χ1n) is 1.22. The molecule has 0 atom stereocenters. The van der Waals surface area contributed by atoms with Gasteiger partial charge in [-0.1, -0.05) is 0 Å². The number of hydrogen-bond acceptors (Lipinski definition) is 1. The summed E-state index contributed by atoms with van der Waals surface area (Å²) < 4.78 is 25.4. The van der Waals surface area contributed by atoms with E-state index < -0.39 is 6.11 Å². The van der Waals surface area contributed by atoms with Gasteiger partial charge in [-0.3, -0.25) is 0 Å². The number of rotatable bonds is 0. The van der Waals surface area contributed by atoms with E-state index in [1.54, 1.807) is 0 Å². The predicted octanol–water partition coefficient (Wildman–Crippen LogP) is 0.609. The van der Waals surface area contributed by atoms with Crippen LogP contribution in [0.1, 0.15) is 0 Å². The number of epoxide rings is 1. The van der Waals surface area contributed by atoms with Gasteiger partial charge in [0.1, 0.15) is 6.61 Å². The Morgan fingerprint density at radius 1 is 1.60 bits per heavy atom. The van der Waals surface area contributed by atoms with Gasteiger partial charge in [0.25, 0.3) is 0 Å². The molecule has 0 N–H and O–H groups in total. The summed E-state index contributed by atoms with van der Waals surface area (Å²) in [6.45, 7) is -0.382. The largest absolute Gasteiger partial charge is 0.379 e. The molecule has 0 saturated carbocycles. The molecule has 0 aliphatic carbocycles. The molecule has 0 aromatic carbocycles. The normalized spacial score (nSPS) is 30.0. The first kappa shape index (κ1) is 3.03. The molecular weight excluding hydrogens is 78.0 g/mol. The summed E-state index contributed by atoms with van der Waals surface area (Å²) in [6, 6.07) is 0. The van der Waals surface area contributed by atoms with E-state index in [4.69, 9.17) is 0 Å². The summed E-state index contributed by atoms with van der Waals surface area (Å²) in [5, 5.41) is 0. The maximum Gasteiger partial charge on any atom is 0.379 e. The van der Waals surface area contributed by atoms with Crippen molar-refractivity contribution in [3.8, 4) is 0 Å². The Morgan fingerprint density at radius 3 is 1.80 bits per heavy atom. The smallest absolute Gasteiger partial charge is 0.309 e. The summed E-state index contributed by atoms with van der Waals surface area (Å²) in [7, 11) is 0. The Bertz CT molecular complexity index is 45.6. The van der Waals surface area contributed by atoms with Gasteiger partial charge in [-0.05, 0) is 0 Å². The lowest BCUT2D eigenvalue weighted by molar-refractivity contribution is 0.00173. The van der Waals surface area contributed by atoms with Crippen molar-refractivity contribution in [1.82, 2.24) is 0 Å². The second-order valence-corrected chi connectivity index (χ2v) is 0.926. The zero-order valence-electron chi connectivity index (χ0n) is 2.37. The highest BCUT2D eigenvalue weighted by Gasteiger charge is 2.46. The van der Waals surface area contributed by atoms with Crippen molar-refractivity contribution >= 4 is 0 Å². The van der Waals surface area contributed by atoms with Gasteiger partial charge in [-0.15, -0.1) is 0 Å². The van der Waals surface area contributed by atoms with Crippen molar-refractivity contribution in [3.63, 3.8) is 0 Å². The van der Waals surface area contributed by atoms with Crippen molar-refractivity contribution in [1.29, 1.82) is 0 Å². The minimum absolute atomic E-state index is 0.382. The zero-order chi connectivity index (χ0) is 3.91. The third kappa shape index (κ3) is 0.545. The molecule has 0 amide bonds. The quantitative estimate of drug-likeness (QED) is 0.388. The molecule has 0 aromatic rings. The van der Waals surface area contributed by atoms with Crippen LogP contribution < -0.4 is 0 Å². The van der Waals surface area contributed by atoms with Crippen LogP contribution in [-0.4, -0.2) is 12.7 Å². The number of halogens is 2. The molecule has 1 rings (SSSR count). The first-order chi connectivity index (χ1) is 2.21. The van der Waals surface area contributed by atoms with E-state index in [-0.39, 0.29) is 6.61 Å². The monoisotopic (exact) mass is 80.0 g/mol. The molecule has 1 fully saturated rings. The molecule has 5 heavy (non-hydrogen) atoms. The van der Waals surface area contributed by atoms with E-state index in [1.807, 2.05) is 0 Å². The van der Waals surface area contributed by atoms with Gasteiger partial charge in [-0.25, -0.2) is 0 Å². The van der Waals surface area contributed by atoms with E-state index in [0.29, 0.717) is 0 Å². The van der Waals surface area contributed by atoms with Gasteiger partial charge in [0, 0.05) is 0 Å². The third-order valence-corrected chi connectivity index (χ3v) is 0.363. The standard InChI is InChI=1S/C2H2F2O/c3-2(4)1-5-2/h1H2. The molecule has 0 radical (unpaired) electrons. The molecule has 1 aliphatic rings. The maximum atomic E-state index is 10.9. The third-order valence-electron chi connectivity index (χ3n) is 0.363. The van der Waals surface area contributed by atoms with Crippen molar-refractivity contribution in [2.24, 2.45) is 0 Å². The van der Waals surface area contributed by atoms with Crippen LogP contribution in [0.5, 0.6) is 0 Å². The van der Waals surface area contributed by atoms with E-state index in [0.717, 1.165) is 0 Å². The van der Waals surface area contributed by atoms with Crippen LogP contribution in [-0.2, 0) is 4.74 Å². The Kier molecular flexibility index (Phi) is 0.301. The number of hydrogen-bond donors (Lipinski definition) is 0. The van der Waals surface area contributed by atoms with Gasteiger partial charge < -0.3 is 4.74 Å². The Morgan fingerprint density at radius 2 is 1.80 bits per heavy atom. The second-order valence-electron chi connectivity index (χ2n) is 0.926. The van der Waals surface area contributed by atoms with Crippen LogP contribution >= 0.6 is 0 Å². The highest BCUT2D eigenvalue weighted by atomic mass is 19.3. The molecule has 0 bridgehead atoms. The summed E-state index contributed by atoms with van der Waals surface area (Å²) in [6.07, 6.45) is -2.75. The van der Waals surface area contributed by atoms with Crippen molar-refractivity contribution in [3.05, 3.63) is 0 Å². The van der Waals surface area contributed by atoms with Crippen LogP contribution in [0, 0.1) is 0 Å². The van der Waals surface area contributed by atoms with E-state index >= 15 is 0 Å². The van der Waals surface area contributed by atoms with E-state index in [2.05, 4.69) is 4.74 Å². The topological polar surface area (TPSA) is 12.5 Å². The lowest BCUT2D eigenvalue weighted by Gasteiger charge is -1.71. The van der Waals surface area contributed by atoms with Gasteiger partial charge >= 0.3 is 6.11 Å². The molecule has 1 heterocycles. The predicted molar refractivity (Wildman–Crippen MR) is 10.9 cm³/mol. The fraction of sp³-hybridized carbons (Fsp3) is 1.00. The van der Waals surface area contributed by atoms with E-state index in [9.17, 15) is 8.78 Å². The Hall–Kier alpha value is -0.180. The Labute approximate surface area is 27.5 Å².